The molecule has 1 atom stereocenters. The third-order valence-electron chi connectivity index (χ3n) is 7.45. The van der Waals surface area contributed by atoms with Crippen molar-refractivity contribution in [1.29, 1.82) is 0 Å². The summed E-state index contributed by atoms with van der Waals surface area (Å²) in [7, 11) is -4.19. The summed E-state index contributed by atoms with van der Waals surface area (Å²) in [6.07, 6.45) is 0.916. The van der Waals surface area contributed by atoms with E-state index in [9.17, 15) is 18.0 Å². The molecule has 7 nitrogen and oxygen atoms in total. The summed E-state index contributed by atoms with van der Waals surface area (Å²) < 4.78 is 29.5. The Morgan fingerprint density at radius 2 is 1.53 bits per heavy atom. The fourth-order valence-electron chi connectivity index (χ4n) is 4.95. The monoisotopic (exact) mass is 665 g/mol. The van der Waals surface area contributed by atoms with Crippen LogP contribution in [-0.4, -0.2) is 44.3 Å². The Hall–Kier alpha value is -3.85. The molecule has 0 heterocycles. The molecule has 0 saturated heterocycles. The van der Waals surface area contributed by atoms with Crippen LogP contribution in [0.1, 0.15) is 35.6 Å². The van der Waals surface area contributed by atoms with E-state index < -0.39 is 28.5 Å². The van der Waals surface area contributed by atoms with Gasteiger partial charge in [0.1, 0.15) is 12.6 Å². The molecule has 0 fully saturated rings. The van der Waals surface area contributed by atoms with E-state index in [1.807, 2.05) is 44.2 Å². The molecule has 2 amide bonds. The fourth-order valence-corrected chi connectivity index (χ4v) is 6.89. The van der Waals surface area contributed by atoms with Crippen LogP contribution in [0.5, 0.6) is 0 Å². The van der Waals surface area contributed by atoms with Crippen molar-refractivity contribution < 1.29 is 18.0 Å². The van der Waals surface area contributed by atoms with Crippen molar-refractivity contribution in [2.45, 2.75) is 51.1 Å². The molecule has 0 saturated carbocycles. The second-order valence-corrected chi connectivity index (χ2v) is 13.6. The minimum atomic E-state index is -4.19. The van der Waals surface area contributed by atoms with Gasteiger partial charge in [-0.15, -0.1) is 0 Å². The van der Waals surface area contributed by atoms with E-state index in [0.29, 0.717) is 39.8 Å². The van der Waals surface area contributed by atoms with Gasteiger partial charge >= 0.3 is 0 Å². The number of sulfonamides is 1. The smallest absolute Gasteiger partial charge is 0.264 e. The van der Waals surface area contributed by atoms with Crippen molar-refractivity contribution >= 4 is 50.7 Å². The molecule has 45 heavy (non-hydrogen) atoms. The van der Waals surface area contributed by atoms with Gasteiger partial charge in [-0.3, -0.25) is 13.9 Å². The first-order chi connectivity index (χ1) is 21.5. The number of nitrogens with zero attached hydrogens (tertiary/aromatic N) is 2. The summed E-state index contributed by atoms with van der Waals surface area (Å²) in [4.78, 5) is 29.8. The normalized spacial score (nSPS) is 11.9. The average Bonchev–Trinajstić information content (AvgIpc) is 3.02. The Morgan fingerprint density at radius 3 is 2.18 bits per heavy atom. The second-order valence-electron chi connectivity index (χ2n) is 10.9. The van der Waals surface area contributed by atoms with Crippen molar-refractivity contribution in [3.8, 4) is 0 Å². The van der Waals surface area contributed by atoms with Crippen LogP contribution in [0, 0.1) is 13.8 Å². The van der Waals surface area contributed by atoms with Gasteiger partial charge in [0.15, 0.2) is 0 Å². The molecule has 0 aliphatic carbocycles. The minimum Gasteiger partial charge on any atom is -0.354 e. The van der Waals surface area contributed by atoms with Gasteiger partial charge in [-0.1, -0.05) is 102 Å². The summed E-state index contributed by atoms with van der Waals surface area (Å²) in [5.74, 6) is -0.907. The molecule has 0 bridgehead atoms. The number of carbonyl (C=O) groups is 2. The molecular formula is C35H37Cl2N3O4S. The van der Waals surface area contributed by atoms with Crippen LogP contribution >= 0.6 is 23.2 Å². The van der Waals surface area contributed by atoms with Crippen molar-refractivity contribution in [2.75, 3.05) is 17.4 Å². The van der Waals surface area contributed by atoms with Crippen LogP contribution in [-0.2, 0) is 32.6 Å². The molecule has 0 aliphatic rings. The first-order valence-electron chi connectivity index (χ1n) is 14.7. The van der Waals surface area contributed by atoms with Gasteiger partial charge in [-0.2, -0.15) is 0 Å². The van der Waals surface area contributed by atoms with Gasteiger partial charge < -0.3 is 10.2 Å². The quantitative estimate of drug-likeness (QED) is 0.167. The topological polar surface area (TPSA) is 86.8 Å². The highest BCUT2D eigenvalue weighted by molar-refractivity contribution is 7.92. The molecule has 4 aromatic carbocycles. The van der Waals surface area contributed by atoms with Crippen LogP contribution in [0.15, 0.2) is 102 Å². The van der Waals surface area contributed by atoms with E-state index in [0.717, 1.165) is 15.4 Å². The lowest BCUT2D eigenvalue weighted by molar-refractivity contribution is -0.140. The van der Waals surface area contributed by atoms with Crippen molar-refractivity contribution in [3.63, 3.8) is 0 Å². The Bertz CT molecular complexity index is 1730. The maximum atomic E-state index is 14.5. The van der Waals surface area contributed by atoms with Crippen LogP contribution in [0.25, 0.3) is 0 Å². The van der Waals surface area contributed by atoms with Gasteiger partial charge in [0.05, 0.1) is 10.6 Å². The highest BCUT2D eigenvalue weighted by Crippen LogP contribution is 2.29. The maximum absolute atomic E-state index is 14.5. The summed E-state index contributed by atoms with van der Waals surface area (Å²) >= 11 is 12.7. The number of benzene rings is 4. The molecule has 0 spiro atoms. The van der Waals surface area contributed by atoms with E-state index in [1.54, 1.807) is 61.5 Å². The zero-order chi connectivity index (χ0) is 32.6. The molecule has 4 rings (SSSR count). The lowest BCUT2D eigenvalue weighted by Crippen LogP contribution is -2.53. The molecule has 4 aromatic rings. The van der Waals surface area contributed by atoms with Crippen LogP contribution < -0.4 is 9.62 Å². The Kier molecular flexibility index (Phi) is 11.7. The van der Waals surface area contributed by atoms with Crippen LogP contribution in [0.2, 0.25) is 10.0 Å². The number of halogens is 2. The maximum Gasteiger partial charge on any atom is 0.264 e. The summed E-state index contributed by atoms with van der Waals surface area (Å²) in [6.45, 7) is 5.44. The SMILES string of the molecule is CCCNC(=O)[C@@H](Cc1ccccc1)N(Cc1ccc(Cl)cc1Cl)C(=O)CN(c1ccccc1C)S(=O)(=O)c1ccc(C)cc1. The predicted octanol–water partition coefficient (Wildman–Crippen LogP) is 6.97. The van der Waals surface area contributed by atoms with Gasteiger partial charge in [-0.05, 0) is 67.3 Å². The Labute approximate surface area is 275 Å². The number of hydrogen-bond acceptors (Lipinski definition) is 4. The molecule has 10 heteroatoms. The highest BCUT2D eigenvalue weighted by atomic mass is 35.5. The van der Waals surface area contributed by atoms with Crippen molar-refractivity contribution in [2.24, 2.45) is 0 Å². The molecular weight excluding hydrogens is 629 g/mol. The fraction of sp³-hybridized carbons (Fsp3) is 0.257. The Morgan fingerprint density at radius 1 is 0.867 bits per heavy atom. The molecule has 1 N–H and O–H groups in total. The largest absolute Gasteiger partial charge is 0.354 e. The number of rotatable bonds is 13. The summed E-state index contributed by atoms with van der Waals surface area (Å²) in [6, 6.07) is 26.9. The molecule has 0 aromatic heterocycles. The lowest BCUT2D eigenvalue weighted by atomic mass is 10.0. The number of amides is 2. The molecule has 236 valence electrons. The molecule has 0 aliphatic heterocycles. The van der Waals surface area contributed by atoms with E-state index in [2.05, 4.69) is 5.32 Å². The number of anilines is 1. The summed E-state index contributed by atoms with van der Waals surface area (Å²) in [5, 5.41) is 3.69. The van der Waals surface area contributed by atoms with Gasteiger partial charge in [0, 0.05) is 29.6 Å². The zero-order valence-corrected chi connectivity index (χ0v) is 27.9. The number of para-hydroxylation sites is 1. The number of nitrogens with one attached hydrogen (secondary N) is 1. The third-order valence-corrected chi connectivity index (χ3v) is 9.81. The van der Waals surface area contributed by atoms with Crippen LogP contribution in [0.4, 0.5) is 5.69 Å². The summed E-state index contributed by atoms with van der Waals surface area (Å²) in [5.41, 5.74) is 3.36. The number of carbonyl (C=O) groups excluding carboxylic acids is 2. The zero-order valence-electron chi connectivity index (χ0n) is 25.5. The molecule has 0 unspecified atom stereocenters. The standard InChI is InChI=1S/C35H37Cl2N3O4S/c1-4-20-38-35(42)33(21-27-11-6-5-7-12-27)39(23-28-16-17-29(36)22-31(28)37)34(41)24-40(32-13-9-8-10-26(32)3)45(43,44)30-18-14-25(2)15-19-30/h5-19,22,33H,4,20-21,23-24H2,1-3H3,(H,38,42)/t33-/m1/s1. The Balaban J connectivity index is 1.82. The van der Waals surface area contributed by atoms with E-state index in [-0.39, 0.29) is 23.8 Å². The van der Waals surface area contributed by atoms with Gasteiger partial charge in [0.2, 0.25) is 11.8 Å². The number of aryl methyl sites for hydroxylation is 2. The van der Waals surface area contributed by atoms with E-state index in [1.165, 1.54) is 17.0 Å². The average molecular weight is 667 g/mol. The first kappa shape index (κ1) is 34.0. The van der Waals surface area contributed by atoms with Crippen LogP contribution in [0.3, 0.4) is 0 Å². The predicted molar refractivity (Wildman–Crippen MR) is 181 cm³/mol. The van der Waals surface area contributed by atoms with E-state index >= 15 is 0 Å². The second kappa shape index (κ2) is 15.4. The van der Waals surface area contributed by atoms with E-state index in [4.69, 9.17) is 23.2 Å². The highest BCUT2D eigenvalue weighted by Gasteiger charge is 2.35. The van der Waals surface area contributed by atoms with Gasteiger partial charge in [-0.25, -0.2) is 8.42 Å². The molecule has 0 radical (unpaired) electrons. The number of hydrogen-bond donors (Lipinski definition) is 1. The van der Waals surface area contributed by atoms with Crippen molar-refractivity contribution in [3.05, 3.63) is 129 Å². The van der Waals surface area contributed by atoms with Gasteiger partial charge in [0.25, 0.3) is 10.0 Å². The van der Waals surface area contributed by atoms with Crippen molar-refractivity contribution in [1.82, 2.24) is 10.2 Å². The minimum absolute atomic E-state index is 0.0436. The lowest BCUT2D eigenvalue weighted by Gasteiger charge is -2.34. The first-order valence-corrected chi connectivity index (χ1v) is 16.9. The third kappa shape index (κ3) is 8.66.